The minimum Gasteiger partial charge on any atom is -0.492 e. The molecule has 1 aromatic carbocycles. The molecule has 0 bridgehead atoms. The first-order chi connectivity index (χ1) is 10.0. The van der Waals surface area contributed by atoms with E-state index < -0.39 is 10.0 Å². The summed E-state index contributed by atoms with van der Waals surface area (Å²) in [5.74, 6) is 0.628. The van der Waals surface area contributed by atoms with Crippen molar-refractivity contribution in [1.82, 2.24) is 4.72 Å². The average molecular weight is 312 g/mol. The molecular formula is C15H24N2O3S. The molecule has 0 heterocycles. The van der Waals surface area contributed by atoms with Gasteiger partial charge in [0.25, 0.3) is 0 Å². The van der Waals surface area contributed by atoms with Crippen molar-refractivity contribution in [2.75, 3.05) is 19.7 Å². The number of hydrogen-bond acceptors (Lipinski definition) is 4. The Bertz CT molecular complexity index is 545. The van der Waals surface area contributed by atoms with Crippen molar-refractivity contribution in [1.29, 1.82) is 0 Å². The van der Waals surface area contributed by atoms with Gasteiger partial charge < -0.3 is 10.5 Å². The van der Waals surface area contributed by atoms with Gasteiger partial charge in [-0.25, -0.2) is 13.1 Å². The zero-order valence-corrected chi connectivity index (χ0v) is 13.3. The average Bonchev–Trinajstić information content (AvgIpc) is 2.45. The number of nitrogens with one attached hydrogen (secondary N) is 1. The van der Waals surface area contributed by atoms with Crippen LogP contribution in [0.5, 0.6) is 5.75 Å². The van der Waals surface area contributed by atoms with Crippen LogP contribution in [0, 0.1) is 5.41 Å². The quantitative estimate of drug-likeness (QED) is 0.768. The second kappa shape index (κ2) is 6.77. The maximum absolute atomic E-state index is 12.3. The lowest BCUT2D eigenvalue weighted by Gasteiger charge is -2.41. The van der Waals surface area contributed by atoms with Crippen LogP contribution in [-0.4, -0.2) is 28.1 Å². The van der Waals surface area contributed by atoms with E-state index in [2.05, 4.69) is 11.6 Å². The minimum absolute atomic E-state index is 0.164. The van der Waals surface area contributed by atoms with E-state index in [4.69, 9.17) is 10.5 Å². The van der Waals surface area contributed by atoms with Gasteiger partial charge in [0.15, 0.2) is 0 Å². The topological polar surface area (TPSA) is 81.4 Å². The molecule has 1 fully saturated rings. The Morgan fingerprint density at radius 3 is 2.43 bits per heavy atom. The van der Waals surface area contributed by atoms with Crippen molar-refractivity contribution < 1.29 is 13.2 Å². The zero-order valence-electron chi connectivity index (χ0n) is 12.5. The molecule has 2 rings (SSSR count). The highest BCUT2D eigenvalue weighted by molar-refractivity contribution is 7.89. The summed E-state index contributed by atoms with van der Waals surface area (Å²) < 4.78 is 32.7. The normalized spacial score (nSPS) is 17.2. The standard InChI is InChI=1S/C15H24N2O3S/c1-2-15(8-3-9-15)12-17-21(18,19)14-6-4-13(5-7-14)20-11-10-16/h4-7,17H,2-3,8-12,16H2,1H3. The molecule has 1 saturated carbocycles. The molecule has 21 heavy (non-hydrogen) atoms. The summed E-state index contributed by atoms with van der Waals surface area (Å²) in [6.45, 7) is 3.50. The summed E-state index contributed by atoms with van der Waals surface area (Å²) in [5, 5.41) is 0. The molecule has 1 aromatic rings. The van der Waals surface area contributed by atoms with Gasteiger partial charge in [0.1, 0.15) is 12.4 Å². The Morgan fingerprint density at radius 2 is 1.95 bits per heavy atom. The van der Waals surface area contributed by atoms with Gasteiger partial charge in [0, 0.05) is 13.1 Å². The van der Waals surface area contributed by atoms with Gasteiger partial charge in [0.05, 0.1) is 4.90 Å². The molecule has 0 atom stereocenters. The molecule has 6 heteroatoms. The van der Waals surface area contributed by atoms with Gasteiger partial charge in [-0.3, -0.25) is 0 Å². The Morgan fingerprint density at radius 1 is 1.29 bits per heavy atom. The third-order valence-corrected chi connectivity index (χ3v) is 5.74. The molecule has 0 amide bonds. The van der Waals surface area contributed by atoms with E-state index in [1.807, 2.05) is 0 Å². The van der Waals surface area contributed by atoms with Crippen LogP contribution in [0.4, 0.5) is 0 Å². The van der Waals surface area contributed by atoms with E-state index in [-0.39, 0.29) is 10.3 Å². The SMILES string of the molecule is CCC1(CNS(=O)(=O)c2ccc(OCCN)cc2)CCC1. The Balaban J connectivity index is 1.98. The minimum atomic E-state index is -3.45. The molecule has 0 aromatic heterocycles. The van der Waals surface area contributed by atoms with Crippen molar-refractivity contribution >= 4 is 10.0 Å². The molecule has 3 N–H and O–H groups in total. The Hall–Kier alpha value is -1.11. The lowest BCUT2D eigenvalue weighted by atomic mass is 9.67. The van der Waals surface area contributed by atoms with Gasteiger partial charge in [-0.1, -0.05) is 13.3 Å². The van der Waals surface area contributed by atoms with E-state index in [0.717, 1.165) is 19.3 Å². The van der Waals surface area contributed by atoms with E-state index in [1.54, 1.807) is 24.3 Å². The Labute approximate surface area is 126 Å². The number of rotatable bonds is 8. The van der Waals surface area contributed by atoms with Crippen LogP contribution in [0.15, 0.2) is 29.2 Å². The van der Waals surface area contributed by atoms with Crippen LogP contribution in [0.1, 0.15) is 32.6 Å². The second-order valence-electron chi connectivity index (χ2n) is 5.64. The molecule has 0 spiro atoms. The first kappa shape index (κ1) is 16.3. The van der Waals surface area contributed by atoms with Gasteiger partial charge in [-0.2, -0.15) is 0 Å². The van der Waals surface area contributed by atoms with Crippen LogP contribution in [0.3, 0.4) is 0 Å². The van der Waals surface area contributed by atoms with Crippen molar-refractivity contribution in [3.63, 3.8) is 0 Å². The van der Waals surface area contributed by atoms with E-state index in [1.165, 1.54) is 6.42 Å². The van der Waals surface area contributed by atoms with Gasteiger partial charge in [0.2, 0.25) is 10.0 Å². The van der Waals surface area contributed by atoms with Crippen LogP contribution in [0.2, 0.25) is 0 Å². The lowest BCUT2D eigenvalue weighted by Crippen LogP contribution is -2.41. The summed E-state index contributed by atoms with van der Waals surface area (Å²) in [7, 11) is -3.45. The van der Waals surface area contributed by atoms with E-state index in [0.29, 0.717) is 25.4 Å². The highest BCUT2D eigenvalue weighted by atomic mass is 32.2. The van der Waals surface area contributed by atoms with Crippen molar-refractivity contribution in [2.45, 2.75) is 37.5 Å². The summed E-state index contributed by atoms with van der Waals surface area (Å²) in [4.78, 5) is 0.271. The molecule has 0 unspecified atom stereocenters. The fourth-order valence-electron chi connectivity index (χ4n) is 2.56. The Kier molecular flexibility index (Phi) is 5.24. The summed E-state index contributed by atoms with van der Waals surface area (Å²) >= 11 is 0. The number of nitrogens with two attached hydrogens (primary N) is 1. The van der Waals surface area contributed by atoms with Crippen LogP contribution in [0.25, 0.3) is 0 Å². The van der Waals surface area contributed by atoms with Crippen LogP contribution >= 0.6 is 0 Å². The zero-order chi connectivity index (χ0) is 15.3. The summed E-state index contributed by atoms with van der Waals surface area (Å²) in [6, 6.07) is 6.44. The van der Waals surface area contributed by atoms with Crippen molar-refractivity contribution in [3.05, 3.63) is 24.3 Å². The number of hydrogen-bond donors (Lipinski definition) is 2. The largest absolute Gasteiger partial charge is 0.492 e. The molecule has 1 aliphatic carbocycles. The molecule has 0 aliphatic heterocycles. The summed E-state index contributed by atoms with van der Waals surface area (Å²) in [5.41, 5.74) is 5.52. The van der Waals surface area contributed by atoms with Gasteiger partial charge >= 0.3 is 0 Å². The molecule has 5 nitrogen and oxygen atoms in total. The lowest BCUT2D eigenvalue weighted by molar-refractivity contribution is 0.133. The maximum Gasteiger partial charge on any atom is 0.240 e. The number of sulfonamides is 1. The van der Waals surface area contributed by atoms with E-state index >= 15 is 0 Å². The maximum atomic E-state index is 12.3. The summed E-state index contributed by atoms with van der Waals surface area (Å²) in [6.07, 6.45) is 4.43. The molecule has 0 saturated heterocycles. The number of benzene rings is 1. The third kappa shape index (κ3) is 3.96. The highest BCUT2D eigenvalue weighted by Gasteiger charge is 2.36. The molecular weight excluding hydrogens is 288 g/mol. The van der Waals surface area contributed by atoms with Crippen LogP contribution < -0.4 is 15.2 Å². The highest BCUT2D eigenvalue weighted by Crippen LogP contribution is 2.43. The fourth-order valence-corrected chi connectivity index (χ4v) is 3.71. The number of ether oxygens (including phenoxy) is 1. The monoisotopic (exact) mass is 312 g/mol. The molecule has 1 aliphatic rings. The van der Waals surface area contributed by atoms with E-state index in [9.17, 15) is 8.42 Å². The van der Waals surface area contributed by atoms with Crippen molar-refractivity contribution in [2.24, 2.45) is 11.1 Å². The van der Waals surface area contributed by atoms with Crippen molar-refractivity contribution in [3.8, 4) is 5.75 Å². The first-order valence-corrected chi connectivity index (χ1v) is 8.92. The predicted octanol–water partition coefficient (Wildman–Crippen LogP) is 1.88. The van der Waals surface area contributed by atoms with Gasteiger partial charge in [-0.15, -0.1) is 0 Å². The predicted molar refractivity (Wildman–Crippen MR) is 82.8 cm³/mol. The van der Waals surface area contributed by atoms with Crippen LogP contribution in [-0.2, 0) is 10.0 Å². The first-order valence-electron chi connectivity index (χ1n) is 7.44. The van der Waals surface area contributed by atoms with Gasteiger partial charge in [-0.05, 0) is 48.9 Å². The molecule has 0 radical (unpaired) electrons. The second-order valence-corrected chi connectivity index (χ2v) is 7.41. The smallest absolute Gasteiger partial charge is 0.240 e. The molecule has 118 valence electrons. The fraction of sp³-hybridized carbons (Fsp3) is 0.600. The third-order valence-electron chi connectivity index (χ3n) is 4.32.